The van der Waals surface area contributed by atoms with Crippen molar-refractivity contribution in [3.63, 3.8) is 0 Å². The van der Waals surface area contributed by atoms with Crippen LogP contribution in [0.2, 0.25) is 0 Å². The smallest absolute Gasteiger partial charge is 0.323 e. The van der Waals surface area contributed by atoms with Crippen molar-refractivity contribution in [1.29, 1.82) is 0 Å². The van der Waals surface area contributed by atoms with Crippen LogP contribution in [0.4, 0.5) is 0 Å². The summed E-state index contributed by atoms with van der Waals surface area (Å²) in [7, 11) is 0. The number of carbonyl (C=O) groups is 3. The summed E-state index contributed by atoms with van der Waals surface area (Å²) in [6.45, 7) is 1.71. The van der Waals surface area contributed by atoms with Crippen molar-refractivity contribution < 1.29 is 19.2 Å². The van der Waals surface area contributed by atoms with Gasteiger partial charge in [0.15, 0.2) is 0 Å². The second-order valence-electron chi connectivity index (χ2n) is 4.62. The Bertz CT molecular complexity index is 597. The number of fused-ring (bicyclic) bond motifs is 1. The number of hydrogen-bond donors (Lipinski definition) is 0. The van der Waals surface area contributed by atoms with Gasteiger partial charge in [0.1, 0.15) is 0 Å². The first kappa shape index (κ1) is 13.8. The molecule has 6 nitrogen and oxygen atoms in total. The minimum absolute atomic E-state index is 0.110. The number of nitrogens with zero attached hydrogens (tertiary/aromatic N) is 3. The Labute approximate surface area is 115 Å². The Kier molecular flexibility index (Phi) is 3.86. The van der Waals surface area contributed by atoms with Crippen molar-refractivity contribution in [3.05, 3.63) is 40.9 Å². The van der Waals surface area contributed by atoms with Gasteiger partial charge in [-0.15, -0.1) is 0 Å². The highest BCUT2D eigenvalue weighted by Crippen LogP contribution is 2.25. The van der Waals surface area contributed by atoms with E-state index in [1.54, 1.807) is 31.2 Å². The van der Waals surface area contributed by atoms with Crippen molar-refractivity contribution in [2.45, 2.75) is 25.8 Å². The van der Waals surface area contributed by atoms with E-state index in [0.29, 0.717) is 17.5 Å². The fourth-order valence-corrected chi connectivity index (χ4v) is 2.22. The number of rotatable bonds is 5. The van der Waals surface area contributed by atoms with Gasteiger partial charge in [-0.25, -0.2) is 0 Å². The lowest BCUT2D eigenvalue weighted by atomic mass is 10.1. The molecule has 0 radical (unpaired) electrons. The molecular formula is C14H13N3O3. The normalized spacial score (nSPS) is 14.8. The molecule has 1 aromatic carbocycles. The van der Waals surface area contributed by atoms with Gasteiger partial charge in [-0.1, -0.05) is 12.1 Å². The van der Waals surface area contributed by atoms with E-state index in [9.17, 15) is 14.4 Å². The quantitative estimate of drug-likeness (QED) is 0.350. The number of benzene rings is 1. The van der Waals surface area contributed by atoms with Crippen LogP contribution in [0.1, 0.15) is 40.5 Å². The van der Waals surface area contributed by atoms with Crippen LogP contribution in [-0.2, 0) is 4.79 Å². The zero-order valence-corrected chi connectivity index (χ0v) is 10.9. The Balaban J connectivity index is 2.11. The minimum atomic E-state index is -0.390. The summed E-state index contributed by atoms with van der Waals surface area (Å²) in [5.41, 5.74) is 9.04. The summed E-state index contributed by atoms with van der Waals surface area (Å²) in [4.78, 5) is 39.4. The highest BCUT2D eigenvalue weighted by molar-refractivity contribution is 6.25. The lowest BCUT2D eigenvalue weighted by Gasteiger charge is -2.21. The number of amides is 2. The number of imide groups is 1. The van der Waals surface area contributed by atoms with Crippen LogP contribution in [0.3, 0.4) is 0 Å². The number of Topliss-reactive ketones (excluding diaryl/α,β-unsaturated/α-hetero) is 1. The fourth-order valence-electron chi connectivity index (χ4n) is 2.22. The van der Waals surface area contributed by atoms with Gasteiger partial charge in [0, 0.05) is 12.5 Å². The Morgan fingerprint density at radius 3 is 2.35 bits per heavy atom. The third-order valence-electron chi connectivity index (χ3n) is 3.28. The zero-order chi connectivity index (χ0) is 14.7. The number of hydrogen-bond acceptors (Lipinski definition) is 3. The van der Waals surface area contributed by atoms with E-state index in [0.717, 1.165) is 6.21 Å². The molecule has 0 fully saturated rings. The van der Waals surface area contributed by atoms with Gasteiger partial charge >= 0.3 is 6.21 Å². The van der Waals surface area contributed by atoms with Crippen molar-refractivity contribution in [3.8, 4) is 0 Å². The lowest BCUT2D eigenvalue weighted by molar-refractivity contribution is -0.116. The second kappa shape index (κ2) is 5.59. The highest BCUT2D eigenvalue weighted by Gasteiger charge is 2.37. The molecule has 1 heterocycles. The molecule has 0 saturated carbocycles. The van der Waals surface area contributed by atoms with E-state index in [-0.39, 0.29) is 24.0 Å². The van der Waals surface area contributed by atoms with Gasteiger partial charge in [0.05, 0.1) is 11.1 Å². The highest BCUT2D eigenvalue weighted by atomic mass is 16.2. The van der Waals surface area contributed by atoms with E-state index in [2.05, 4.69) is 4.79 Å². The van der Waals surface area contributed by atoms with Crippen molar-refractivity contribution >= 4 is 23.8 Å². The zero-order valence-electron chi connectivity index (χ0n) is 10.9. The van der Waals surface area contributed by atoms with Crippen LogP contribution < -0.4 is 0 Å². The molecule has 0 aromatic heterocycles. The Morgan fingerprint density at radius 1 is 1.30 bits per heavy atom. The number of ketones is 1. The molecule has 0 spiro atoms. The molecule has 6 heteroatoms. The molecule has 20 heavy (non-hydrogen) atoms. The van der Waals surface area contributed by atoms with Crippen LogP contribution in [0.5, 0.6) is 0 Å². The summed E-state index contributed by atoms with van der Waals surface area (Å²) < 4.78 is 0. The predicted molar refractivity (Wildman–Crippen MR) is 70.3 cm³/mol. The molecule has 1 atom stereocenters. The number of carbonyl (C=O) groups excluding carboxylic acids is 3. The second-order valence-corrected chi connectivity index (χ2v) is 4.62. The SMILES string of the molecule is CC(CCC(=O)C=[N+]=[N-])N1C(=O)c2ccccc2C1=O. The minimum Gasteiger partial charge on any atom is -0.361 e. The standard InChI is InChI=1S/C14H13N3O3/c1-9(6-7-10(18)8-16-15)17-13(19)11-4-2-3-5-12(11)14(17)20/h2-5,8-9H,6-7H2,1H3. The van der Waals surface area contributed by atoms with E-state index < -0.39 is 6.04 Å². The van der Waals surface area contributed by atoms with Crippen molar-refractivity contribution in [2.24, 2.45) is 0 Å². The molecule has 1 aliphatic heterocycles. The van der Waals surface area contributed by atoms with Gasteiger partial charge in [0.25, 0.3) is 11.8 Å². The molecule has 1 aliphatic rings. The summed E-state index contributed by atoms with van der Waals surface area (Å²) in [5, 5.41) is 0. The lowest BCUT2D eigenvalue weighted by Crippen LogP contribution is -2.38. The molecule has 2 rings (SSSR count). The maximum atomic E-state index is 12.2. The monoisotopic (exact) mass is 271 g/mol. The van der Waals surface area contributed by atoms with Crippen LogP contribution >= 0.6 is 0 Å². The van der Waals surface area contributed by atoms with E-state index in [1.165, 1.54) is 4.90 Å². The van der Waals surface area contributed by atoms with Gasteiger partial charge in [-0.2, -0.15) is 4.79 Å². The van der Waals surface area contributed by atoms with Crippen LogP contribution in [0.25, 0.3) is 5.53 Å². The van der Waals surface area contributed by atoms with Crippen LogP contribution in [0, 0.1) is 0 Å². The molecule has 0 aliphatic carbocycles. The van der Waals surface area contributed by atoms with Gasteiger partial charge in [-0.05, 0) is 25.5 Å². The summed E-state index contributed by atoms with van der Waals surface area (Å²) >= 11 is 0. The molecule has 2 amide bonds. The summed E-state index contributed by atoms with van der Waals surface area (Å²) in [6.07, 6.45) is 1.25. The van der Waals surface area contributed by atoms with Crippen LogP contribution in [0.15, 0.2) is 24.3 Å². The van der Waals surface area contributed by atoms with Gasteiger partial charge < -0.3 is 5.53 Å². The maximum absolute atomic E-state index is 12.2. The molecule has 0 N–H and O–H groups in total. The fraction of sp³-hybridized carbons (Fsp3) is 0.286. The van der Waals surface area contributed by atoms with Gasteiger partial charge in [-0.3, -0.25) is 19.3 Å². The van der Waals surface area contributed by atoms with Gasteiger partial charge in [0.2, 0.25) is 5.78 Å². The topological polar surface area (TPSA) is 90.8 Å². The summed E-state index contributed by atoms with van der Waals surface area (Å²) in [5.74, 6) is -1.02. The maximum Gasteiger partial charge on any atom is 0.323 e. The predicted octanol–water partition coefficient (Wildman–Crippen LogP) is 1.32. The molecule has 102 valence electrons. The van der Waals surface area contributed by atoms with E-state index in [1.807, 2.05) is 0 Å². The third-order valence-corrected chi connectivity index (χ3v) is 3.28. The average Bonchev–Trinajstić information content (AvgIpc) is 2.69. The Hall–Kier alpha value is -2.59. The molecular weight excluding hydrogens is 258 g/mol. The average molecular weight is 271 g/mol. The third kappa shape index (κ3) is 2.41. The molecule has 1 unspecified atom stereocenters. The van der Waals surface area contributed by atoms with E-state index in [4.69, 9.17) is 5.53 Å². The molecule has 1 aromatic rings. The molecule has 0 saturated heterocycles. The van der Waals surface area contributed by atoms with E-state index >= 15 is 0 Å². The molecule has 0 bridgehead atoms. The first-order valence-electron chi connectivity index (χ1n) is 6.23. The largest absolute Gasteiger partial charge is 0.361 e. The van der Waals surface area contributed by atoms with Crippen molar-refractivity contribution in [1.82, 2.24) is 4.90 Å². The van der Waals surface area contributed by atoms with Crippen molar-refractivity contribution in [2.75, 3.05) is 0 Å². The first-order chi connectivity index (χ1) is 9.56. The first-order valence-corrected chi connectivity index (χ1v) is 6.23. The van der Waals surface area contributed by atoms with Crippen LogP contribution in [-0.4, -0.2) is 39.5 Å². The Morgan fingerprint density at radius 2 is 1.85 bits per heavy atom. The summed E-state index contributed by atoms with van der Waals surface area (Å²) in [6, 6.07) is 6.26.